The second-order valence-electron chi connectivity index (χ2n) is 6.27. The van der Waals surface area contributed by atoms with Gasteiger partial charge in [-0.3, -0.25) is 14.4 Å². The summed E-state index contributed by atoms with van der Waals surface area (Å²) in [5.74, 6) is -0.423. The van der Waals surface area contributed by atoms with E-state index >= 15 is 0 Å². The number of esters is 1. The number of thiophene rings is 1. The van der Waals surface area contributed by atoms with E-state index in [1.807, 2.05) is 18.2 Å². The van der Waals surface area contributed by atoms with Crippen LogP contribution in [0.25, 0.3) is 21.2 Å². The van der Waals surface area contributed by atoms with Crippen LogP contribution >= 0.6 is 11.3 Å². The van der Waals surface area contributed by atoms with Gasteiger partial charge in [-0.1, -0.05) is 17.3 Å². The van der Waals surface area contributed by atoms with Crippen LogP contribution < -0.4 is 5.56 Å². The van der Waals surface area contributed by atoms with Crippen molar-refractivity contribution in [3.05, 3.63) is 56.6 Å². The van der Waals surface area contributed by atoms with Gasteiger partial charge in [0.2, 0.25) is 0 Å². The molecule has 0 fully saturated rings. The summed E-state index contributed by atoms with van der Waals surface area (Å²) in [6, 6.07) is 7.22. The van der Waals surface area contributed by atoms with Gasteiger partial charge in [0.05, 0.1) is 16.7 Å². The third-order valence-electron chi connectivity index (χ3n) is 4.30. The summed E-state index contributed by atoms with van der Waals surface area (Å²) in [5.41, 5.74) is 1.33. The SMILES string of the molecule is CC(=O)c1sc2nc(COC(=O)Cc3noc4ccccc34)[nH]c(=O)c2c1C. The Morgan fingerprint density at radius 1 is 1.29 bits per heavy atom. The van der Waals surface area contributed by atoms with Gasteiger partial charge in [0, 0.05) is 5.39 Å². The van der Waals surface area contributed by atoms with Crippen molar-refractivity contribution in [1.29, 1.82) is 0 Å². The fourth-order valence-electron chi connectivity index (χ4n) is 2.99. The molecule has 0 radical (unpaired) electrons. The molecule has 0 atom stereocenters. The van der Waals surface area contributed by atoms with Gasteiger partial charge >= 0.3 is 5.97 Å². The largest absolute Gasteiger partial charge is 0.457 e. The van der Waals surface area contributed by atoms with E-state index in [-0.39, 0.29) is 30.2 Å². The Morgan fingerprint density at radius 2 is 2.07 bits per heavy atom. The van der Waals surface area contributed by atoms with Crippen molar-refractivity contribution in [3.63, 3.8) is 0 Å². The second kappa shape index (κ2) is 7.01. The van der Waals surface area contributed by atoms with Gasteiger partial charge in [-0.2, -0.15) is 0 Å². The van der Waals surface area contributed by atoms with Crippen molar-refractivity contribution in [3.8, 4) is 0 Å². The maximum atomic E-state index is 12.3. The first kappa shape index (κ1) is 18.1. The highest BCUT2D eigenvalue weighted by Gasteiger charge is 2.18. The normalized spacial score (nSPS) is 11.2. The highest BCUT2D eigenvalue weighted by atomic mass is 32.1. The summed E-state index contributed by atoms with van der Waals surface area (Å²) in [7, 11) is 0. The number of aromatic amines is 1. The predicted molar refractivity (Wildman–Crippen MR) is 102 cm³/mol. The molecular weight excluding hydrogens is 382 g/mol. The number of benzene rings is 1. The number of aryl methyl sites for hydroxylation is 1. The standard InChI is InChI=1S/C19H15N3O5S/c1-9-16-18(25)20-14(21-19(16)28-17(9)10(2)23)8-26-15(24)7-12-11-5-3-4-6-13(11)27-22-12/h3-6H,7-8H2,1-2H3,(H,20,21,25). The number of carbonyl (C=O) groups excluding carboxylic acids is 2. The molecule has 4 aromatic rings. The molecule has 3 heterocycles. The number of ether oxygens (including phenoxy) is 1. The molecule has 0 saturated carbocycles. The van der Waals surface area contributed by atoms with E-state index in [1.54, 1.807) is 13.0 Å². The van der Waals surface area contributed by atoms with Crippen molar-refractivity contribution < 1.29 is 18.8 Å². The summed E-state index contributed by atoms with van der Waals surface area (Å²) in [6.07, 6.45) is -0.0594. The van der Waals surface area contributed by atoms with E-state index in [0.717, 1.165) is 16.7 Å². The number of nitrogens with one attached hydrogen (secondary N) is 1. The summed E-state index contributed by atoms with van der Waals surface area (Å²) in [4.78, 5) is 44.0. The number of hydrogen-bond acceptors (Lipinski definition) is 8. The molecule has 4 rings (SSSR count). The van der Waals surface area contributed by atoms with E-state index < -0.39 is 5.97 Å². The zero-order valence-electron chi connectivity index (χ0n) is 15.1. The number of aromatic nitrogens is 3. The van der Waals surface area contributed by atoms with E-state index in [9.17, 15) is 14.4 Å². The van der Waals surface area contributed by atoms with Gasteiger partial charge < -0.3 is 14.2 Å². The molecule has 0 aliphatic heterocycles. The zero-order valence-corrected chi connectivity index (χ0v) is 15.9. The van der Waals surface area contributed by atoms with E-state index in [2.05, 4.69) is 15.1 Å². The third kappa shape index (κ3) is 3.20. The fraction of sp³-hybridized carbons (Fsp3) is 0.211. The van der Waals surface area contributed by atoms with Crippen molar-refractivity contribution in [2.45, 2.75) is 26.9 Å². The molecule has 9 heteroatoms. The number of nitrogens with zero attached hydrogens (tertiary/aromatic N) is 2. The number of H-pyrrole nitrogens is 1. The second-order valence-corrected chi connectivity index (χ2v) is 7.27. The smallest absolute Gasteiger partial charge is 0.312 e. The highest BCUT2D eigenvalue weighted by Crippen LogP contribution is 2.27. The molecule has 1 aromatic carbocycles. The predicted octanol–water partition coefficient (Wildman–Crippen LogP) is 2.92. The fourth-order valence-corrected chi connectivity index (χ4v) is 4.09. The monoisotopic (exact) mass is 397 g/mol. The Labute approximate surface area is 162 Å². The molecule has 0 amide bonds. The van der Waals surface area contributed by atoms with Crippen molar-refractivity contribution in [2.24, 2.45) is 0 Å². The number of hydrogen-bond donors (Lipinski definition) is 1. The van der Waals surface area contributed by atoms with E-state index in [4.69, 9.17) is 9.26 Å². The Balaban J connectivity index is 1.51. The molecule has 0 aliphatic rings. The molecule has 0 saturated heterocycles. The quantitative estimate of drug-likeness (QED) is 0.407. The van der Waals surface area contributed by atoms with Crippen LogP contribution in [0.3, 0.4) is 0 Å². The van der Waals surface area contributed by atoms with Crippen molar-refractivity contribution in [1.82, 2.24) is 15.1 Å². The van der Waals surface area contributed by atoms with Crippen LogP contribution in [0.4, 0.5) is 0 Å². The Hall–Kier alpha value is -3.33. The van der Waals surface area contributed by atoms with Gasteiger partial charge in [-0.25, -0.2) is 4.98 Å². The molecule has 142 valence electrons. The van der Waals surface area contributed by atoms with Crippen LogP contribution in [-0.4, -0.2) is 26.9 Å². The molecular formula is C19H15N3O5S. The number of Topliss-reactive ketones (excluding diaryl/α,β-unsaturated/α-hetero) is 1. The minimum absolute atomic E-state index is 0.0594. The highest BCUT2D eigenvalue weighted by molar-refractivity contribution is 7.20. The Morgan fingerprint density at radius 3 is 2.86 bits per heavy atom. The van der Waals surface area contributed by atoms with Crippen molar-refractivity contribution >= 4 is 44.3 Å². The lowest BCUT2D eigenvalue weighted by Crippen LogP contribution is -2.15. The molecule has 0 spiro atoms. The minimum Gasteiger partial charge on any atom is -0.457 e. The van der Waals surface area contributed by atoms with Crippen LogP contribution in [-0.2, 0) is 22.6 Å². The molecule has 28 heavy (non-hydrogen) atoms. The van der Waals surface area contributed by atoms with E-state index in [1.165, 1.54) is 6.92 Å². The summed E-state index contributed by atoms with van der Waals surface area (Å²) < 4.78 is 10.4. The van der Waals surface area contributed by atoms with Crippen LogP contribution in [0.2, 0.25) is 0 Å². The minimum atomic E-state index is -0.520. The lowest BCUT2D eigenvalue weighted by molar-refractivity contribution is -0.144. The lowest BCUT2D eigenvalue weighted by atomic mass is 10.2. The van der Waals surface area contributed by atoms with E-state index in [0.29, 0.717) is 31.9 Å². The lowest BCUT2D eigenvalue weighted by Gasteiger charge is -2.03. The summed E-state index contributed by atoms with van der Waals surface area (Å²) >= 11 is 1.16. The molecule has 1 N–H and O–H groups in total. The molecule has 3 aromatic heterocycles. The zero-order chi connectivity index (χ0) is 19.8. The van der Waals surface area contributed by atoms with Gasteiger partial charge in [0.1, 0.15) is 23.0 Å². The summed E-state index contributed by atoms with van der Waals surface area (Å²) in [6.45, 7) is 2.97. The maximum Gasteiger partial charge on any atom is 0.312 e. The number of rotatable bonds is 5. The van der Waals surface area contributed by atoms with Crippen LogP contribution in [0, 0.1) is 6.92 Å². The first-order valence-corrected chi connectivity index (χ1v) is 9.28. The van der Waals surface area contributed by atoms with Gasteiger partial charge in [0.15, 0.2) is 11.4 Å². The molecule has 8 nitrogen and oxygen atoms in total. The summed E-state index contributed by atoms with van der Waals surface area (Å²) in [5, 5.41) is 5.03. The van der Waals surface area contributed by atoms with Gasteiger partial charge in [-0.15, -0.1) is 11.3 Å². The van der Waals surface area contributed by atoms with Crippen molar-refractivity contribution in [2.75, 3.05) is 0 Å². The Kier molecular flexibility index (Phi) is 4.52. The molecule has 0 unspecified atom stereocenters. The maximum absolute atomic E-state index is 12.3. The van der Waals surface area contributed by atoms with Crippen LogP contribution in [0.5, 0.6) is 0 Å². The number of para-hydroxylation sites is 1. The number of ketones is 1. The topological polar surface area (TPSA) is 115 Å². The number of carbonyl (C=O) groups is 2. The first-order valence-electron chi connectivity index (χ1n) is 8.46. The molecule has 0 aliphatic carbocycles. The van der Waals surface area contributed by atoms with Crippen LogP contribution in [0.1, 0.15) is 33.7 Å². The average Bonchev–Trinajstić information content (AvgIpc) is 3.22. The third-order valence-corrected chi connectivity index (χ3v) is 5.59. The first-order chi connectivity index (χ1) is 13.4. The van der Waals surface area contributed by atoms with Crippen LogP contribution in [0.15, 0.2) is 33.6 Å². The van der Waals surface area contributed by atoms with Gasteiger partial charge in [0.25, 0.3) is 5.56 Å². The Bertz CT molecular complexity index is 1280. The number of fused-ring (bicyclic) bond motifs is 2. The molecule has 0 bridgehead atoms. The average molecular weight is 397 g/mol. The van der Waals surface area contributed by atoms with Gasteiger partial charge in [-0.05, 0) is 31.5 Å².